The van der Waals surface area contributed by atoms with E-state index in [1.54, 1.807) is 12.3 Å². The Hall–Kier alpha value is -1.85. The van der Waals surface area contributed by atoms with Gasteiger partial charge in [0.2, 0.25) is 5.91 Å². The maximum absolute atomic E-state index is 11.7. The first-order valence-electron chi connectivity index (χ1n) is 7.13. The summed E-state index contributed by atoms with van der Waals surface area (Å²) in [6.45, 7) is 5.75. The smallest absolute Gasteiger partial charge is 0.266 e. The molecule has 1 aromatic heterocycles. The highest BCUT2D eigenvalue weighted by Gasteiger charge is 2.21. The highest BCUT2D eigenvalue weighted by molar-refractivity contribution is 5.76. The predicted octanol–water partition coefficient (Wildman–Crippen LogP) is 0.901. The van der Waals surface area contributed by atoms with Crippen LogP contribution in [-0.2, 0) is 4.79 Å². The van der Waals surface area contributed by atoms with Crippen LogP contribution in [0, 0.1) is 5.92 Å². The Bertz CT molecular complexity index is 504. The molecule has 2 N–H and O–H groups in total. The fraction of sp³-hybridized carbons (Fsp3) is 0.643. The summed E-state index contributed by atoms with van der Waals surface area (Å²) >= 11 is 0. The van der Waals surface area contributed by atoms with Crippen LogP contribution in [0.25, 0.3) is 0 Å². The van der Waals surface area contributed by atoms with Crippen molar-refractivity contribution in [2.24, 2.45) is 5.92 Å². The fourth-order valence-electron chi connectivity index (χ4n) is 2.48. The third kappa shape index (κ3) is 4.08. The third-order valence-corrected chi connectivity index (χ3v) is 3.47. The van der Waals surface area contributed by atoms with Gasteiger partial charge in [-0.25, -0.2) is 5.10 Å². The van der Waals surface area contributed by atoms with Crippen molar-refractivity contribution in [1.82, 2.24) is 15.5 Å². The molecule has 1 saturated heterocycles. The van der Waals surface area contributed by atoms with Crippen LogP contribution in [0.15, 0.2) is 17.1 Å². The van der Waals surface area contributed by atoms with Crippen LogP contribution >= 0.6 is 0 Å². The second-order valence-corrected chi connectivity index (χ2v) is 5.73. The van der Waals surface area contributed by atoms with Crippen LogP contribution in [0.1, 0.15) is 33.1 Å². The zero-order valence-corrected chi connectivity index (χ0v) is 12.1. The van der Waals surface area contributed by atoms with Crippen molar-refractivity contribution in [3.8, 4) is 0 Å². The number of anilines is 1. The van der Waals surface area contributed by atoms with Gasteiger partial charge in [-0.3, -0.25) is 9.59 Å². The highest BCUT2D eigenvalue weighted by Crippen LogP contribution is 2.17. The van der Waals surface area contributed by atoms with Crippen LogP contribution in [0.2, 0.25) is 0 Å². The number of amides is 1. The van der Waals surface area contributed by atoms with Crippen LogP contribution in [-0.4, -0.2) is 35.2 Å². The molecule has 0 radical (unpaired) electrons. The van der Waals surface area contributed by atoms with E-state index >= 15 is 0 Å². The molecule has 1 amide bonds. The van der Waals surface area contributed by atoms with Gasteiger partial charge in [-0.1, -0.05) is 13.8 Å². The minimum Gasteiger partial charge on any atom is -0.370 e. The largest absolute Gasteiger partial charge is 0.370 e. The summed E-state index contributed by atoms with van der Waals surface area (Å²) in [5.74, 6) is 0.522. The van der Waals surface area contributed by atoms with Crippen LogP contribution in [0.4, 0.5) is 5.69 Å². The molecule has 0 atom stereocenters. The van der Waals surface area contributed by atoms with Crippen LogP contribution < -0.4 is 15.8 Å². The lowest BCUT2D eigenvalue weighted by Gasteiger charge is -2.33. The molecule has 0 bridgehead atoms. The van der Waals surface area contributed by atoms with E-state index in [2.05, 4.69) is 20.4 Å². The topological polar surface area (TPSA) is 78.1 Å². The van der Waals surface area contributed by atoms with Gasteiger partial charge in [0.1, 0.15) is 0 Å². The van der Waals surface area contributed by atoms with E-state index in [0.29, 0.717) is 12.3 Å². The molecule has 1 aliphatic rings. The number of nitrogens with zero attached hydrogens (tertiary/aromatic N) is 2. The SMILES string of the molecule is CC(C)CC(=O)NC1CCN(c2cn[nH]c(=O)c2)CC1. The molecule has 1 fully saturated rings. The number of H-pyrrole nitrogens is 1. The minimum atomic E-state index is -0.185. The summed E-state index contributed by atoms with van der Waals surface area (Å²) in [5, 5.41) is 9.27. The fourth-order valence-corrected chi connectivity index (χ4v) is 2.48. The monoisotopic (exact) mass is 278 g/mol. The molecule has 6 nitrogen and oxygen atoms in total. The lowest BCUT2D eigenvalue weighted by molar-refractivity contribution is -0.122. The Balaban J connectivity index is 1.83. The van der Waals surface area contributed by atoms with E-state index in [0.717, 1.165) is 31.6 Å². The molecule has 0 unspecified atom stereocenters. The summed E-state index contributed by atoms with van der Waals surface area (Å²) in [6.07, 6.45) is 4.05. The summed E-state index contributed by atoms with van der Waals surface area (Å²) in [6, 6.07) is 1.80. The quantitative estimate of drug-likeness (QED) is 0.858. The zero-order valence-electron chi connectivity index (χ0n) is 12.1. The van der Waals surface area contributed by atoms with Gasteiger partial charge in [-0.15, -0.1) is 0 Å². The summed E-state index contributed by atoms with van der Waals surface area (Å²) in [4.78, 5) is 25.1. The average Bonchev–Trinajstić information content (AvgIpc) is 2.38. The Morgan fingerprint density at radius 2 is 2.20 bits per heavy atom. The van der Waals surface area contributed by atoms with Gasteiger partial charge in [-0.2, -0.15) is 5.10 Å². The first-order valence-corrected chi connectivity index (χ1v) is 7.13. The minimum absolute atomic E-state index is 0.135. The van der Waals surface area contributed by atoms with Crippen molar-refractivity contribution >= 4 is 11.6 Å². The van der Waals surface area contributed by atoms with Crippen molar-refractivity contribution in [3.05, 3.63) is 22.6 Å². The second kappa shape index (κ2) is 6.54. The van der Waals surface area contributed by atoms with Crippen molar-refractivity contribution in [3.63, 3.8) is 0 Å². The highest BCUT2D eigenvalue weighted by atomic mass is 16.1. The number of rotatable bonds is 4. The lowest BCUT2D eigenvalue weighted by atomic mass is 10.0. The Kier molecular flexibility index (Phi) is 4.76. The number of carbonyl (C=O) groups excluding carboxylic acids is 1. The van der Waals surface area contributed by atoms with Gasteiger partial charge >= 0.3 is 0 Å². The first-order chi connectivity index (χ1) is 9.54. The van der Waals surface area contributed by atoms with Crippen LogP contribution in [0.3, 0.4) is 0 Å². The molecule has 0 spiro atoms. The van der Waals surface area contributed by atoms with Gasteiger partial charge < -0.3 is 10.2 Å². The molecule has 2 rings (SSSR count). The summed E-state index contributed by atoms with van der Waals surface area (Å²) in [5.41, 5.74) is 0.663. The molecular formula is C14H22N4O2. The Morgan fingerprint density at radius 1 is 1.50 bits per heavy atom. The number of aromatic nitrogens is 2. The number of carbonyl (C=O) groups is 1. The second-order valence-electron chi connectivity index (χ2n) is 5.73. The van der Waals surface area contributed by atoms with Crippen molar-refractivity contribution in [2.75, 3.05) is 18.0 Å². The van der Waals surface area contributed by atoms with Gasteiger partial charge in [-0.05, 0) is 18.8 Å². The first kappa shape index (κ1) is 14.6. The van der Waals surface area contributed by atoms with E-state index in [4.69, 9.17) is 0 Å². The van der Waals surface area contributed by atoms with Gasteiger partial charge in [0.05, 0.1) is 11.9 Å². The number of hydrogen-bond donors (Lipinski definition) is 2. The molecule has 20 heavy (non-hydrogen) atoms. The molecule has 0 aliphatic carbocycles. The molecule has 0 saturated carbocycles. The number of piperidine rings is 1. The predicted molar refractivity (Wildman–Crippen MR) is 77.7 cm³/mol. The van der Waals surface area contributed by atoms with E-state index in [-0.39, 0.29) is 17.5 Å². The number of nitrogens with one attached hydrogen (secondary N) is 2. The standard InChI is InChI=1S/C14H22N4O2/c1-10(2)7-13(19)16-11-3-5-18(6-4-11)12-8-14(20)17-15-9-12/h8-11H,3-7H2,1-2H3,(H,16,19)(H,17,20). The van der Waals surface area contributed by atoms with Crippen molar-refractivity contribution in [1.29, 1.82) is 0 Å². The number of hydrogen-bond acceptors (Lipinski definition) is 4. The maximum Gasteiger partial charge on any atom is 0.266 e. The van der Waals surface area contributed by atoms with E-state index in [1.807, 2.05) is 13.8 Å². The van der Waals surface area contributed by atoms with E-state index in [1.165, 1.54) is 0 Å². The molecular weight excluding hydrogens is 256 g/mol. The third-order valence-electron chi connectivity index (χ3n) is 3.47. The molecule has 110 valence electrons. The van der Waals surface area contributed by atoms with E-state index < -0.39 is 0 Å². The summed E-state index contributed by atoms with van der Waals surface area (Å²) < 4.78 is 0. The maximum atomic E-state index is 11.7. The molecule has 1 aromatic rings. The Morgan fingerprint density at radius 3 is 2.80 bits per heavy atom. The number of aromatic amines is 1. The molecule has 1 aliphatic heterocycles. The van der Waals surface area contributed by atoms with Gasteiger partial charge in [0.15, 0.2) is 0 Å². The van der Waals surface area contributed by atoms with E-state index in [9.17, 15) is 9.59 Å². The van der Waals surface area contributed by atoms with Gasteiger partial charge in [0.25, 0.3) is 5.56 Å². The van der Waals surface area contributed by atoms with Crippen molar-refractivity contribution < 1.29 is 4.79 Å². The molecule has 6 heteroatoms. The van der Waals surface area contributed by atoms with Crippen LogP contribution in [0.5, 0.6) is 0 Å². The molecule has 2 heterocycles. The summed E-state index contributed by atoms with van der Waals surface area (Å²) in [7, 11) is 0. The van der Waals surface area contributed by atoms with Crippen molar-refractivity contribution in [2.45, 2.75) is 39.2 Å². The molecule has 0 aromatic carbocycles. The zero-order chi connectivity index (χ0) is 14.5. The Labute approximate surface area is 118 Å². The van der Waals surface area contributed by atoms with Gasteiger partial charge in [0, 0.05) is 31.6 Å². The lowest BCUT2D eigenvalue weighted by Crippen LogP contribution is -2.45. The average molecular weight is 278 g/mol. The normalized spacial score (nSPS) is 16.4.